The molecular formula is C65H43NO. The molecule has 2 heteroatoms. The lowest BCUT2D eigenvalue weighted by Crippen LogP contribution is -2.28. The average Bonchev–Trinajstić information content (AvgIpc) is 3.94. The maximum atomic E-state index is 6.92. The van der Waals surface area contributed by atoms with Crippen molar-refractivity contribution in [2.45, 2.75) is 5.41 Å². The standard InChI is InChI=1S/C65H43NO/c1-5-19-44(20-6-1)45-35-38-52(39-36-45)66(51-27-11-4-12-28-51)61-33-18-34-62-63(61)58-43-57(53-29-13-14-31-56(53)64(58)67-62)48-22-17-21-46(41-48)47-37-40-55-54-30-15-16-32-59(54)65(60(55)42-47,49-23-7-2-8-24-49)50-25-9-3-10-26-50/h1-43H. The zero-order chi connectivity index (χ0) is 44.3. The number of anilines is 3. The monoisotopic (exact) mass is 853 g/mol. The highest BCUT2D eigenvalue weighted by Gasteiger charge is 2.46. The molecule has 11 aromatic carbocycles. The molecule has 1 heterocycles. The second kappa shape index (κ2) is 15.8. The molecule has 0 bridgehead atoms. The molecule has 0 saturated carbocycles. The Hall–Kier alpha value is -8.72. The first kappa shape index (κ1) is 38.7. The van der Waals surface area contributed by atoms with Gasteiger partial charge in [-0.25, -0.2) is 0 Å². The minimum absolute atomic E-state index is 0.471. The van der Waals surface area contributed by atoms with Gasteiger partial charge in [0.2, 0.25) is 0 Å². The van der Waals surface area contributed by atoms with E-state index in [1.807, 2.05) is 0 Å². The van der Waals surface area contributed by atoms with Crippen molar-refractivity contribution in [1.29, 1.82) is 0 Å². The highest BCUT2D eigenvalue weighted by Crippen LogP contribution is 2.57. The second-order valence-corrected chi connectivity index (χ2v) is 17.6. The van der Waals surface area contributed by atoms with Gasteiger partial charge in [0.05, 0.1) is 16.5 Å². The third-order valence-electron chi connectivity index (χ3n) is 13.9. The highest BCUT2D eigenvalue weighted by atomic mass is 16.3. The summed E-state index contributed by atoms with van der Waals surface area (Å²) >= 11 is 0. The summed E-state index contributed by atoms with van der Waals surface area (Å²) in [5, 5.41) is 4.40. The molecule has 314 valence electrons. The van der Waals surface area contributed by atoms with Crippen molar-refractivity contribution in [3.63, 3.8) is 0 Å². The van der Waals surface area contributed by atoms with Crippen LogP contribution in [-0.2, 0) is 5.41 Å². The fourth-order valence-corrected chi connectivity index (χ4v) is 11.0. The Kier molecular flexibility index (Phi) is 9.11. The fraction of sp³-hybridized carbons (Fsp3) is 0.0154. The van der Waals surface area contributed by atoms with Gasteiger partial charge < -0.3 is 9.32 Å². The SMILES string of the molecule is c1ccc(-c2ccc(N(c3ccccc3)c3cccc4oc5c6ccccc6c(-c6cccc(-c7ccc8c(c7)C(c7ccccc7)(c7ccccc7)c7ccccc7-8)c6)cc5c34)cc2)cc1. The molecule has 2 nitrogen and oxygen atoms in total. The molecule has 0 N–H and O–H groups in total. The van der Waals surface area contributed by atoms with Gasteiger partial charge in [0.15, 0.2) is 0 Å². The smallest absolute Gasteiger partial charge is 0.143 e. The van der Waals surface area contributed by atoms with Crippen LogP contribution in [0.3, 0.4) is 0 Å². The second-order valence-electron chi connectivity index (χ2n) is 17.6. The van der Waals surface area contributed by atoms with Crippen LogP contribution in [0.5, 0.6) is 0 Å². The van der Waals surface area contributed by atoms with Crippen molar-refractivity contribution in [3.8, 4) is 44.5 Å². The van der Waals surface area contributed by atoms with Crippen molar-refractivity contribution in [2.75, 3.05) is 4.90 Å². The summed E-state index contributed by atoms with van der Waals surface area (Å²) in [6.07, 6.45) is 0. The summed E-state index contributed by atoms with van der Waals surface area (Å²) in [6, 6.07) is 94.8. The third-order valence-corrected chi connectivity index (χ3v) is 13.9. The van der Waals surface area contributed by atoms with Crippen LogP contribution in [0.2, 0.25) is 0 Å². The number of rotatable bonds is 8. The molecule has 1 aliphatic carbocycles. The first-order valence-corrected chi connectivity index (χ1v) is 23.1. The van der Waals surface area contributed by atoms with Gasteiger partial charge in [0, 0.05) is 22.1 Å². The van der Waals surface area contributed by atoms with E-state index in [4.69, 9.17) is 4.42 Å². The Morgan fingerprint density at radius 3 is 1.60 bits per heavy atom. The van der Waals surface area contributed by atoms with E-state index in [0.29, 0.717) is 0 Å². The van der Waals surface area contributed by atoms with Crippen LogP contribution in [0.15, 0.2) is 265 Å². The van der Waals surface area contributed by atoms with Crippen LogP contribution in [0.1, 0.15) is 22.3 Å². The summed E-state index contributed by atoms with van der Waals surface area (Å²) in [6.45, 7) is 0. The molecule has 0 fully saturated rings. The van der Waals surface area contributed by atoms with E-state index in [1.165, 1.54) is 55.6 Å². The Bertz CT molecular complexity index is 3740. The van der Waals surface area contributed by atoms with Gasteiger partial charge in [0.1, 0.15) is 11.2 Å². The number of hydrogen-bond acceptors (Lipinski definition) is 2. The lowest BCUT2D eigenvalue weighted by Gasteiger charge is -2.34. The van der Waals surface area contributed by atoms with Crippen molar-refractivity contribution in [2.24, 2.45) is 0 Å². The topological polar surface area (TPSA) is 16.4 Å². The highest BCUT2D eigenvalue weighted by molar-refractivity contribution is 6.22. The van der Waals surface area contributed by atoms with Gasteiger partial charge in [-0.15, -0.1) is 0 Å². The first-order chi connectivity index (χ1) is 33.2. The number of para-hydroxylation sites is 1. The Morgan fingerprint density at radius 1 is 0.313 bits per heavy atom. The maximum absolute atomic E-state index is 6.92. The largest absolute Gasteiger partial charge is 0.455 e. The van der Waals surface area contributed by atoms with E-state index in [0.717, 1.165) is 60.9 Å². The zero-order valence-corrected chi connectivity index (χ0v) is 36.7. The van der Waals surface area contributed by atoms with Crippen LogP contribution in [-0.4, -0.2) is 0 Å². The van der Waals surface area contributed by atoms with Crippen LogP contribution in [0.25, 0.3) is 77.2 Å². The average molecular weight is 854 g/mol. The van der Waals surface area contributed by atoms with Gasteiger partial charge in [-0.1, -0.05) is 206 Å². The van der Waals surface area contributed by atoms with Crippen molar-refractivity contribution in [1.82, 2.24) is 0 Å². The zero-order valence-electron chi connectivity index (χ0n) is 36.7. The molecule has 12 aromatic rings. The lowest BCUT2D eigenvalue weighted by molar-refractivity contribution is 0.672. The van der Waals surface area contributed by atoms with Gasteiger partial charge in [-0.3, -0.25) is 0 Å². The molecular weight excluding hydrogens is 811 g/mol. The molecule has 0 unspecified atom stereocenters. The molecule has 0 amide bonds. The minimum Gasteiger partial charge on any atom is -0.455 e. The van der Waals surface area contributed by atoms with E-state index in [9.17, 15) is 0 Å². The molecule has 1 aromatic heterocycles. The van der Waals surface area contributed by atoms with E-state index >= 15 is 0 Å². The van der Waals surface area contributed by atoms with Crippen LogP contribution >= 0.6 is 0 Å². The van der Waals surface area contributed by atoms with Crippen LogP contribution < -0.4 is 4.90 Å². The number of furan rings is 1. The minimum atomic E-state index is -0.471. The van der Waals surface area contributed by atoms with E-state index in [-0.39, 0.29) is 0 Å². The molecule has 0 atom stereocenters. The van der Waals surface area contributed by atoms with E-state index in [2.05, 4.69) is 266 Å². The van der Waals surface area contributed by atoms with Gasteiger partial charge in [0.25, 0.3) is 0 Å². The van der Waals surface area contributed by atoms with Crippen LogP contribution in [0.4, 0.5) is 17.1 Å². The van der Waals surface area contributed by atoms with Gasteiger partial charge >= 0.3 is 0 Å². The molecule has 13 rings (SSSR count). The number of fused-ring (bicyclic) bond motifs is 8. The molecule has 0 saturated heterocycles. The predicted molar refractivity (Wildman–Crippen MR) is 280 cm³/mol. The quantitative estimate of drug-likeness (QED) is 0.151. The third kappa shape index (κ3) is 6.18. The molecule has 0 spiro atoms. The predicted octanol–water partition coefficient (Wildman–Crippen LogP) is 17.6. The lowest BCUT2D eigenvalue weighted by atomic mass is 9.67. The summed E-state index contributed by atoms with van der Waals surface area (Å²) < 4.78 is 6.92. The normalized spacial score (nSPS) is 12.6. The van der Waals surface area contributed by atoms with Gasteiger partial charge in [-0.05, 0) is 127 Å². The number of hydrogen-bond donors (Lipinski definition) is 0. The molecule has 67 heavy (non-hydrogen) atoms. The van der Waals surface area contributed by atoms with Crippen molar-refractivity contribution >= 4 is 49.8 Å². The Labute approximate surface area is 390 Å². The van der Waals surface area contributed by atoms with Gasteiger partial charge in [-0.2, -0.15) is 0 Å². The maximum Gasteiger partial charge on any atom is 0.143 e. The fourth-order valence-electron chi connectivity index (χ4n) is 11.0. The molecule has 1 aliphatic rings. The number of benzene rings is 11. The summed E-state index contributed by atoms with van der Waals surface area (Å²) in [7, 11) is 0. The van der Waals surface area contributed by atoms with E-state index < -0.39 is 5.41 Å². The number of nitrogens with zero attached hydrogens (tertiary/aromatic N) is 1. The first-order valence-electron chi connectivity index (χ1n) is 23.1. The van der Waals surface area contributed by atoms with Crippen LogP contribution in [0, 0.1) is 0 Å². The van der Waals surface area contributed by atoms with E-state index in [1.54, 1.807) is 0 Å². The van der Waals surface area contributed by atoms with Crippen molar-refractivity contribution < 1.29 is 4.42 Å². The molecule has 0 radical (unpaired) electrons. The summed E-state index contributed by atoms with van der Waals surface area (Å²) in [5.74, 6) is 0. The summed E-state index contributed by atoms with van der Waals surface area (Å²) in [4.78, 5) is 2.36. The summed E-state index contributed by atoms with van der Waals surface area (Å²) in [5.41, 5.74) is 19.2. The Morgan fingerprint density at radius 2 is 0.851 bits per heavy atom. The molecule has 0 aliphatic heterocycles. The van der Waals surface area contributed by atoms with Crippen molar-refractivity contribution in [3.05, 3.63) is 283 Å². The Balaban J connectivity index is 0.987.